The largest absolute Gasteiger partial charge is 0.471 e. The lowest BCUT2D eigenvalue weighted by Crippen LogP contribution is -2.36. The van der Waals surface area contributed by atoms with Gasteiger partial charge in [0.05, 0.1) is 11.1 Å². The summed E-state index contributed by atoms with van der Waals surface area (Å²) in [6.07, 6.45) is -4.98. The maximum Gasteiger partial charge on any atom is 0.471 e. The van der Waals surface area contributed by atoms with Gasteiger partial charge in [0.1, 0.15) is 0 Å². The molecule has 0 aromatic heterocycles. The zero-order chi connectivity index (χ0) is 22.9. The molecule has 0 atom stereocenters. The molecule has 2 aromatic carbocycles. The van der Waals surface area contributed by atoms with Crippen LogP contribution in [0.1, 0.15) is 50.5 Å². The van der Waals surface area contributed by atoms with Gasteiger partial charge >= 0.3 is 12.1 Å². The van der Waals surface area contributed by atoms with Crippen LogP contribution >= 0.6 is 0 Å². The number of amides is 4. The van der Waals surface area contributed by atoms with Gasteiger partial charge < -0.3 is 10.6 Å². The lowest BCUT2D eigenvalue weighted by molar-refractivity contribution is -0.173. The molecule has 0 bridgehead atoms. The molecule has 1 aliphatic rings. The Labute approximate surface area is 175 Å². The first-order valence-corrected chi connectivity index (χ1v) is 9.26. The fourth-order valence-corrected chi connectivity index (χ4v) is 3.11. The van der Waals surface area contributed by atoms with Crippen LogP contribution in [-0.4, -0.2) is 40.7 Å². The number of alkyl halides is 3. The highest BCUT2D eigenvalue weighted by atomic mass is 19.4. The molecule has 0 unspecified atom stereocenters. The summed E-state index contributed by atoms with van der Waals surface area (Å²) < 4.78 is 36.9. The topological polar surface area (TPSA) is 95.6 Å². The van der Waals surface area contributed by atoms with E-state index in [1.54, 1.807) is 19.2 Å². The van der Waals surface area contributed by atoms with Crippen LogP contribution in [-0.2, 0) is 11.3 Å². The first-order valence-electron chi connectivity index (χ1n) is 9.26. The maximum absolute atomic E-state index is 12.6. The van der Waals surface area contributed by atoms with Crippen LogP contribution in [0.15, 0.2) is 42.5 Å². The monoisotopic (exact) mass is 433 g/mol. The molecule has 10 heteroatoms. The van der Waals surface area contributed by atoms with Gasteiger partial charge in [-0.1, -0.05) is 12.1 Å². The van der Waals surface area contributed by atoms with Crippen molar-refractivity contribution in [3.63, 3.8) is 0 Å². The van der Waals surface area contributed by atoms with E-state index in [1.165, 1.54) is 42.5 Å². The summed E-state index contributed by atoms with van der Waals surface area (Å²) >= 11 is 0. The number of benzene rings is 2. The highest BCUT2D eigenvalue weighted by molar-refractivity contribution is 6.22. The minimum atomic E-state index is -4.98. The van der Waals surface area contributed by atoms with E-state index in [0.717, 1.165) is 4.90 Å². The van der Waals surface area contributed by atoms with Crippen molar-refractivity contribution in [2.75, 3.05) is 5.32 Å². The quantitative estimate of drug-likeness (QED) is 0.709. The Hall–Kier alpha value is -3.69. The minimum Gasteiger partial charge on any atom is -0.344 e. The van der Waals surface area contributed by atoms with Gasteiger partial charge in [0.25, 0.3) is 17.7 Å². The Morgan fingerprint density at radius 2 is 1.68 bits per heavy atom. The molecule has 7 nitrogen and oxygen atoms in total. The van der Waals surface area contributed by atoms with Crippen LogP contribution in [0.4, 0.5) is 18.9 Å². The molecule has 0 saturated carbocycles. The van der Waals surface area contributed by atoms with Gasteiger partial charge in [-0.05, 0) is 49.7 Å². The van der Waals surface area contributed by atoms with Crippen molar-refractivity contribution in [1.29, 1.82) is 0 Å². The van der Waals surface area contributed by atoms with Crippen LogP contribution < -0.4 is 10.6 Å². The fourth-order valence-electron chi connectivity index (χ4n) is 3.11. The van der Waals surface area contributed by atoms with Crippen molar-refractivity contribution in [3.05, 3.63) is 64.7 Å². The first kappa shape index (κ1) is 22.0. The Morgan fingerprint density at radius 1 is 1.00 bits per heavy atom. The lowest BCUT2D eigenvalue weighted by atomic mass is 10.1. The zero-order valence-corrected chi connectivity index (χ0v) is 16.5. The highest BCUT2D eigenvalue weighted by Crippen LogP contribution is 2.26. The van der Waals surface area contributed by atoms with Crippen molar-refractivity contribution >= 4 is 29.3 Å². The second-order valence-electron chi connectivity index (χ2n) is 7.17. The van der Waals surface area contributed by atoms with Crippen LogP contribution in [0, 0.1) is 0 Å². The summed E-state index contributed by atoms with van der Waals surface area (Å²) in [5.74, 6) is -3.53. The molecule has 2 N–H and O–H groups in total. The molecule has 0 fully saturated rings. The van der Waals surface area contributed by atoms with Gasteiger partial charge in [0, 0.05) is 23.8 Å². The highest BCUT2D eigenvalue weighted by Gasteiger charge is 2.38. The number of halogens is 3. The summed E-state index contributed by atoms with van der Waals surface area (Å²) in [4.78, 5) is 49.5. The summed E-state index contributed by atoms with van der Waals surface area (Å²) in [6.45, 7) is 3.04. The number of imide groups is 1. The Morgan fingerprint density at radius 3 is 2.32 bits per heavy atom. The summed E-state index contributed by atoms with van der Waals surface area (Å²) in [5, 5.41) is 4.33. The number of carbonyl (C=O) groups is 4. The van der Waals surface area contributed by atoms with Crippen LogP contribution in [0.2, 0.25) is 0 Å². The molecule has 0 saturated heterocycles. The molecular weight excluding hydrogens is 415 g/mol. The van der Waals surface area contributed by atoms with Crippen LogP contribution in [0.3, 0.4) is 0 Å². The third kappa shape index (κ3) is 4.57. The zero-order valence-electron chi connectivity index (χ0n) is 16.5. The molecule has 1 aliphatic heterocycles. The number of carbonyl (C=O) groups excluding carboxylic acids is 4. The molecule has 1 heterocycles. The predicted molar refractivity (Wildman–Crippen MR) is 104 cm³/mol. The molecule has 0 spiro atoms. The minimum absolute atomic E-state index is 0.134. The van der Waals surface area contributed by atoms with E-state index in [2.05, 4.69) is 5.32 Å². The molecule has 2 aromatic rings. The second kappa shape index (κ2) is 8.21. The normalized spacial score (nSPS) is 13.4. The molecule has 4 amide bonds. The third-order valence-electron chi connectivity index (χ3n) is 4.59. The van der Waals surface area contributed by atoms with E-state index in [9.17, 15) is 32.3 Å². The molecule has 162 valence electrons. The van der Waals surface area contributed by atoms with Crippen molar-refractivity contribution in [3.8, 4) is 0 Å². The number of nitrogens with zero attached hydrogens (tertiary/aromatic N) is 1. The Bertz CT molecular complexity index is 1080. The van der Waals surface area contributed by atoms with Crippen LogP contribution in [0.25, 0.3) is 0 Å². The molecule has 0 radical (unpaired) electrons. The van der Waals surface area contributed by atoms with E-state index < -0.39 is 29.8 Å². The predicted octanol–water partition coefficient (Wildman–Crippen LogP) is 3.12. The van der Waals surface area contributed by atoms with Crippen molar-refractivity contribution in [2.24, 2.45) is 0 Å². The van der Waals surface area contributed by atoms with E-state index in [-0.39, 0.29) is 35.0 Å². The standard InChI is InChI=1S/C21H18F3N3O4/c1-11(2)27-18(29)15-7-6-13(9-16(15)19(27)30)17(28)26-14-5-3-4-12(8-14)10-25-20(31)21(22,23)24/h3-9,11H,10H2,1-2H3,(H,25,31)(H,26,28). The summed E-state index contributed by atoms with van der Waals surface area (Å²) in [6, 6.07) is 9.77. The van der Waals surface area contributed by atoms with E-state index >= 15 is 0 Å². The number of rotatable bonds is 5. The van der Waals surface area contributed by atoms with Gasteiger partial charge in [-0.25, -0.2) is 0 Å². The van der Waals surface area contributed by atoms with Gasteiger partial charge in [0.15, 0.2) is 0 Å². The van der Waals surface area contributed by atoms with Crippen LogP contribution in [0.5, 0.6) is 0 Å². The Balaban J connectivity index is 1.73. The number of hydrogen-bond acceptors (Lipinski definition) is 4. The van der Waals surface area contributed by atoms with Gasteiger partial charge in [-0.15, -0.1) is 0 Å². The molecule has 3 rings (SSSR count). The SMILES string of the molecule is CC(C)N1C(=O)c2ccc(C(=O)Nc3cccc(CNC(=O)C(F)(F)F)c3)cc2C1=O. The maximum atomic E-state index is 12.6. The van der Waals surface area contributed by atoms with Gasteiger partial charge in [-0.2, -0.15) is 13.2 Å². The van der Waals surface area contributed by atoms with Crippen molar-refractivity contribution in [1.82, 2.24) is 10.2 Å². The number of hydrogen-bond donors (Lipinski definition) is 2. The van der Waals surface area contributed by atoms with Crippen molar-refractivity contribution in [2.45, 2.75) is 32.6 Å². The summed E-state index contributed by atoms with van der Waals surface area (Å²) in [5.41, 5.74) is 1.13. The lowest BCUT2D eigenvalue weighted by Gasteiger charge is -2.17. The van der Waals surface area contributed by atoms with E-state index in [0.29, 0.717) is 5.56 Å². The van der Waals surface area contributed by atoms with Gasteiger partial charge in [-0.3, -0.25) is 24.1 Å². The second-order valence-corrected chi connectivity index (χ2v) is 7.17. The van der Waals surface area contributed by atoms with Crippen molar-refractivity contribution < 1.29 is 32.3 Å². The summed E-state index contributed by atoms with van der Waals surface area (Å²) in [7, 11) is 0. The smallest absolute Gasteiger partial charge is 0.344 e. The van der Waals surface area contributed by atoms with Gasteiger partial charge in [0.2, 0.25) is 0 Å². The first-order chi connectivity index (χ1) is 14.5. The fraction of sp³-hybridized carbons (Fsp3) is 0.238. The van der Waals surface area contributed by atoms with E-state index in [1.807, 2.05) is 0 Å². The average molecular weight is 433 g/mol. The Kier molecular flexibility index (Phi) is 5.83. The van der Waals surface area contributed by atoms with E-state index in [4.69, 9.17) is 0 Å². The third-order valence-corrected chi connectivity index (χ3v) is 4.59. The number of nitrogens with one attached hydrogen (secondary N) is 2. The number of anilines is 1. The molecular formula is C21H18F3N3O4. The molecule has 0 aliphatic carbocycles. The average Bonchev–Trinajstić information content (AvgIpc) is 2.95. The molecule has 31 heavy (non-hydrogen) atoms. The number of fused-ring (bicyclic) bond motifs is 1.